The van der Waals surface area contributed by atoms with Crippen LogP contribution in [0, 0.1) is 13.8 Å². The van der Waals surface area contributed by atoms with Crippen LogP contribution >= 0.6 is 0 Å². The van der Waals surface area contributed by atoms with E-state index < -0.39 is 0 Å². The average molecular weight is 389 g/mol. The minimum atomic E-state index is 0.118. The lowest BCUT2D eigenvalue weighted by atomic mass is 9.83. The first-order valence-electron chi connectivity index (χ1n) is 10.8. The number of hydrogen-bond donors (Lipinski definition) is 0. The van der Waals surface area contributed by atoms with Crippen LogP contribution < -0.4 is 0 Å². The van der Waals surface area contributed by atoms with Crippen molar-refractivity contribution in [3.8, 4) is 16.9 Å². The second kappa shape index (κ2) is 7.82. The van der Waals surface area contributed by atoms with Crippen LogP contribution in [0.4, 0.5) is 0 Å². The van der Waals surface area contributed by atoms with Crippen LogP contribution in [0.5, 0.6) is 0 Å². The Hall–Kier alpha value is -2.35. The Bertz CT molecular complexity index is 987. The molecule has 2 aromatic carbocycles. The number of aromatic nitrogens is 2. The molecule has 1 aromatic heterocycles. The van der Waals surface area contributed by atoms with Gasteiger partial charge in [-0.15, -0.1) is 0 Å². The largest absolute Gasteiger partial charge is 0.303 e. The molecule has 0 spiro atoms. The highest BCUT2D eigenvalue weighted by Crippen LogP contribution is 2.37. The van der Waals surface area contributed by atoms with Crippen molar-refractivity contribution in [1.82, 2.24) is 9.55 Å². The van der Waals surface area contributed by atoms with E-state index in [0.29, 0.717) is 11.8 Å². The van der Waals surface area contributed by atoms with E-state index in [0.717, 1.165) is 11.5 Å². The molecule has 154 valence electrons. The van der Waals surface area contributed by atoms with Gasteiger partial charge in [0.15, 0.2) is 0 Å². The number of hydrogen-bond acceptors (Lipinski definition) is 1. The molecule has 0 bridgehead atoms. The molecule has 0 N–H and O–H groups in total. The maximum Gasteiger partial charge on any atom is 0.110 e. The first-order chi connectivity index (χ1) is 13.5. The quantitative estimate of drug-likeness (QED) is 0.448. The Balaban J connectivity index is 2.23. The summed E-state index contributed by atoms with van der Waals surface area (Å²) in [6.07, 6.45) is 2.23. The van der Waals surface area contributed by atoms with Crippen LogP contribution in [0.2, 0.25) is 0 Å². The molecule has 0 fully saturated rings. The van der Waals surface area contributed by atoms with Gasteiger partial charge in [0, 0.05) is 17.4 Å². The molecule has 0 saturated heterocycles. The summed E-state index contributed by atoms with van der Waals surface area (Å²) in [5.74, 6) is 1.95. The molecule has 0 aliphatic carbocycles. The van der Waals surface area contributed by atoms with E-state index >= 15 is 0 Å². The molecule has 0 amide bonds. The van der Waals surface area contributed by atoms with E-state index in [2.05, 4.69) is 109 Å². The standard InChI is InChI=1S/C27H36N2/c1-17(2)21-12-10-13-22(18(3)4)26(21)24-16-29(20(6)28-24)25-15-11-14-23(19(25)5)27(7,8)9/h10-18H,1-9H3. The van der Waals surface area contributed by atoms with Crippen molar-refractivity contribution < 1.29 is 0 Å². The summed E-state index contributed by atoms with van der Waals surface area (Å²) in [7, 11) is 0. The number of nitrogens with zero attached hydrogens (tertiary/aromatic N) is 2. The monoisotopic (exact) mass is 388 g/mol. The van der Waals surface area contributed by atoms with Gasteiger partial charge in [-0.25, -0.2) is 4.98 Å². The molecule has 0 radical (unpaired) electrons. The number of imidazole rings is 1. The second-order valence-electron chi connectivity index (χ2n) is 9.86. The van der Waals surface area contributed by atoms with E-state index in [-0.39, 0.29) is 5.41 Å². The van der Waals surface area contributed by atoms with E-state index in [1.54, 1.807) is 0 Å². The highest BCUT2D eigenvalue weighted by molar-refractivity contribution is 5.70. The van der Waals surface area contributed by atoms with E-state index in [9.17, 15) is 0 Å². The topological polar surface area (TPSA) is 17.8 Å². The van der Waals surface area contributed by atoms with Crippen LogP contribution in [0.25, 0.3) is 16.9 Å². The van der Waals surface area contributed by atoms with Crippen LogP contribution in [0.1, 0.15) is 88.4 Å². The van der Waals surface area contributed by atoms with Crippen LogP contribution in [-0.2, 0) is 5.41 Å². The number of benzene rings is 2. The summed E-state index contributed by atoms with van der Waals surface area (Å²) in [6, 6.07) is 13.3. The highest BCUT2D eigenvalue weighted by atomic mass is 15.1. The minimum Gasteiger partial charge on any atom is -0.303 e. The second-order valence-corrected chi connectivity index (χ2v) is 9.86. The summed E-state index contributed by atoms with van der Waals surface area (Å²) in [5, 5.41) is 0. The smallest absolute Gasteiger partial charge is 0.110 e. The maximum atomic E-state index is 5.04. The normalized spacial score (nSPS) is 12.2. The van der Waals surface area contributed by atoms with Crippen molar-refractivity contribution in [3.05, 3.63) is 70.7 Å². The highest BCUT2D eigenvalue weighted by Gasteiger charge is 2.21. The van der Waals surface area contributed by atoms with Crippen molar-refractivity contribution in [2.45, 2.75) is 79.6 Å². The third-order valence-corrected chi connectivity index (χ3v) is 5.88. The minimum absolute atomic E-state index is 0.118. The Kier molecular flexibility index (Phi) is 5.76. The molecule has 0 aliphatic heterocycles. The molecule has 2 nitrogen and oxygen atoms in total. The molecule has 2 heteroatoms. The Morgan fingerprint density at radius 2 is 1.38 bits per heavy atom. The molecular weight excluding hydrogens is 352 g/mol. The molecule has 0 unspecified atom stereocenters. The third kappa shape index (κ3) is 4.03. The van der Waals surface area contributed by atoms with Crippen LogP contribution in [-0.4, -0.2) is 9.55 Å². The van der Waals surface area contributed by atoms with Gasteiger partial charge < -0.3 is 4.57 Å². The maximum absolute atomic E-state index is 5.04. The molecule has 0 saturated carbocycles. The molecular formula is C27H36N2. The van der Waals surface area contributed by atoms with Crippen LogP contribution in [0.3, 0.4) is 0 Å². The van der Waals surface area contributed by atoms with Crippen molar-refractivity contribution in [2.24, 2.45) is 0 Å². The van der Waals surface area contributed by atoms with Gasteiger partial charge in [-0.1, -0.05) is 78.8 Å². The average Bonchev–Trinajstić information content (AvgIpc) is 3.01. The summed E-state index contributed by atoms with van der Waals surface area (Å²) < 4.78 is 2.26. The zero-order valence-electron chi connectivity index (χ0n) is 19.6. The molecule has 0 atom stereocenters. The van der Waals surface area contributed by atoms with Crippen molar-refractivity contribution in [3.63, 3.8) is 0 Å². The van der Waals surface area contributed by atoms with Crippen molar-refractivity contribution >= 4 is 0 Å². The molecule has 3 rings (SSSR count). The SMILES string of the molecule is Cc1c(-n2cc(-c3c(C(C)C)cccc3C(C)C)nc2C)cccc1C(C)(C)C. The van der Waals surface area contributed by atoms with E-state index in [4.69, 9.17) is 4.98 Å². The summed E-state index contributed by atoms with van der Waals surface area (Å²) in [4.78, 5) is 5.04. The van der Waals surface area contributed by atoms with Gasteiger partial charge in [-0.05, 0) is 59.4 Å². The zero-order chi connectivity index (χ0) is 21.5. The molecule has 1 heterocycles. The predicted octanol–water partition coefficient (Wildman–Crippen LogP) is 7.70. The van der Waals surface area contributed by atoms with Gasteiger partial charge in [0.25, 0.3) is 0 Å². The number of aryl methyl sites for hydroxylation is 1. The summed E-state index contributed by atoms with van der Waals surface area (Å²) in [5.41, 5.74) is 9.19. The molecule has 0 aliphatic rings. The van der Waals surface area contributed by atoms with Gasteiger partial charge in [-0.3, -0.25) is 0 Å². The molecule has 29 heavy (non-hydrogen) atoms. The van der Waals surface area contributed by atoms with Gasteiger partial charge in [-0.2, -0.15) is 0 Å². The summed E-state index contributed by atoms with van der Waals surface area (Å²) in [6.45, 7) is 20.2. The lowest BCUT2D eigenvalue weighted by Crippen LogP contribution is -2.14. The van der Waals surface area contributed by atoms with Gasteiger partial charge in [0.2, 0.25) is 0 Å². The number of rotatable bonds is 4. The lowest BCUT2D eigenvalue weighted by molar-refractivity contribution is 0.585. The molecule has 3 aromatic rings. The third-order valence-electron chi connectivity index (χ3n) is 5.88. The first kappa shape index (κ1) is 21.4. The summed E-state index contributed by atoms with van der Waals surface area (Å²) >= 11 is 0. The van der Waals surface area contributed by atoms with Crippen molar-refractivity contribution in [2.75, 3.05) is 0 Å². The fourth-order valence-corrected chi connectivity index (χ4v) is 4.38. The Labute approximate surface area is 177 Å². The Morgan fingerprint density at radius 3 is 1.90 bits per heavy atom. The van der Waals surface area contributed by atoms with Gasteiger partial charge >= 0.3 is 0 Å². The van der Waals surface area contributed by atoms with Crippen LogP contribution in [0.15, 0.2) is 42.6 Å². The first-order valence-corrected chi connectivity index (χ1v) is 10.8. The Morgan fingerprint density at radius 1 is 0.828 bits per heavy atom. The van der Waals surface area contributed by atoms with Crippen molar-refractivity contribution in [1.29, 1.82) is 0 Å². The van der Waals surface area contributed by atoms with Gasteiger partial charge in [0.05, 0.1) is 5.69 Å². The fourth-order valence-electron chi connectivity index (χ4n) is 4.38. The van der Waals surface area contributed by atoms with Gasteiger partial charge in [0.1, 0.15) is 5.82 Å². The lowest BCUT2D eigenvalue weighted by Gasteiger charge is -2.23. The fraction of sp³-hybridized carbons (Fsp3) is 0.444. The predicted molar refractivity (Wildman–Crippen MR) is 125 cm³/mol. The zero-order valence-corrected chi connectivity index (χ0v) is 19.6. The van der Waals surface area contributed by atoms with E-state index in [1.807, 2.05) is 0 Å². The van der Waals surface area contributed by atoms with E-state index in [1.165, 1.54) is 33.5 Å².